The average Bonchev–Trinajstić information content (AvgIpc) is 2.34. The maximum atomic E-state index is 12.8. The molecule has 1 N–H and O–H groups in total. The van der Waals surface area contributed by atoms with E-state index in [9.17, 15) is 18.0 Å². The van der Waals surface area contributed by atoms with E-state index < -0.39 is 28.5 Å². The van der Waals surface area contributed by atoms with E-state index in [0.717, 1.165) is 6.07 Å². The maximum absolute atomic E-state index is 12.8. The molecule has 134 valence electrons. The number of hydrogen-bond donors (Lipinski definition) is 1. The summed E-state index contributed by atoms with van der Waals surface area (Å²) in [7, 11) is 0. The Balaban J connectivity index is 1.87. The van der Waals surface area contributed by atoms with E-state index in [1.165, 1.54) is 12.1 Å². The topological polar surface area (TPSA) is 47.6 Å². The number of halogens is 4. The lowest BCUT2D eigenvalue weighted by atomic mass is 9.89. The molecule has 1 aromatic rings. The van der Waals surface area contributed by atoms with Crippen LogP contribution in [0.1, 0.15) is 39.2 Å². The Labute approximate surface area is 143 Å². The third-order valence-corrected chi connectivity index (χ3v) is 3.77. The van der Waals surface area contributed by atoms with Crippen molar-refractivity contribution < 1.29 is 27.4 Å². The molecular formula is C16H19ClF3NO3. The second kappa shape index (κ2) is 6.70. The molecule has 0 aliphatic heterocycles. The van der Waals surface area contributed by atoms with E-state index in [2.05, 4.69) is 5.32 Å². The summed E-state index contributed by atoms with van der Waals surface area (Å²) in [5, 5.41) is 2.23. The molecule has 0 bridgehead atoms. The van der Waals surface area contributed by atoms with E-state index in [1.807, 2.05) is 0 Å². The SMILES string of the molecule is CC(C)(C)OC(=O)NC1CC(Oc2cccc(C(F)(F)F)c2Cl)C1. The predicted molar refractivity (Wildman–Crippen MR) is 83.3 cm³/mol. The number of carbonyl (C=O) groups is 1. The Kier molecular flexibility index (Phi) is 5.22. The molecule has 0 spiro atoms. The molecule has 4 nitrogen and oxygen atoms in total. The van der Waals surface area contributed by atoms with Gasteiger partial charge in [-0.25, -0.2) is 4.79 Å². The summed E-state index contributed by atoms with van der Waals surface area (Å²) >= 11 is 5.78. The molecular weight excluding hydrogens is 347 g/mol. The van der Waals surface area contributed by atoms with Crippen LogP contribution in [-0.4, -0.2) is 23.8 Å². The fourth-order valence-corrected chi connectivity index (χ4v) is 2.53. The maximum Gasteiger partial charge on any atom is 0.417 e. The molecule has 0 heterocycles. The van der Waals surface area contributed by atoms with Crippen molar-refractivity contribution in [3.8, 4) is 5.75 Å². The second-order valence-electron chi connectivity index (χ2n) is 6.67. The van der Waals surface area contributed by atoms with Crippen molar-refractivity contribution in [2.75, 3.05) is 0 Å². The summed E-state index contributed by atoms with van der Waals surface area (Å²) < 4.78 is 49.0. The highest BCUT2D eigenvalue weighted by Gasteiger charge is 2.36. The van der Waals surface area contributed by atoms with Gasteiger partial charge in [-0.3, -0.25) is 0 Å². The number of hydrogen-bond acceptors (Lipinski definition) is 3. The summed E-state index contributed by atoms with van der Waals surface area (Å²) in [6, 6.07) is 3.42. The lowest BCUT2D eigenvalue weighted by Gasteiger charge is -2.36. The number of rotatable bonds is 3. The first-order valence-corrected chi connectivity index (χ1v) is 7.85. The monoisotopic (exact) mass is 365 g/mol. The van der Waals surface area contributed by atoms with Crippen LogP contribution < -0.4 is 10.1 Å². The van der Waals surface area contributed by atoms with Crippen LogP contribution in [0.2, 0.25) is 5.02 Å². The number of carbonyl (C=O) groups excluding carboxylic acids is 1. The standard InChI is InChI=1S/C16H19ClF3NO3/c1-15(2,3)24-14(22)21-9-7-10(8-9)23-12-6-4-5-11(13(12)17)16(18,19)20/h4-6,9-10H,7-8H2,1-3H3,(H,21,22). The van der Waals surface area contributed by atoms with Gasteiger partial charge in [0.05, 0.1) is 10.6 Å². The number of alkyl halides is 3. The molecule has 1 aromatic carbocycles. The molecule has 2 rings (SSSR count). The van der Waals surface area contributed by atoms with Gasteiger partial charge in [-0.1, -0.05) is 17.7 Å². The summed E-state index contributed by atoms with van der Waals surface area (Å²) in [6.45, 7) is 5.28. The van der Waals surface area contributed by atoms with Gasteiger partial charge in [0.1, 0.15) is 17.5 Å². The van der Waals surface area contributed by atoms with Crippen molar-refractivity contribution >= 4 is 17.7 Å². The Bertz CT molecular complexity index is 608. The van der Waals surface area contributed by atoms with Crippen LogP contribution in [0.15, 0.2) is 18.2 Å². The molecule has 8 heteroatoms. The summed E-state index contributed by atoms with van der Waals surface area (Å²) in [5.41, 5.74) is -1.51. The molecule has 1 amide bonds. The zero-order valence-corrected chi connectivity index (χ0v) is 14.3. The molecule has 0 unspecified atom stereocenters. The van der Waals surface area contributed by atoms with Crippen LogP contribution in [0.5, 0.6) is 5.75 Å². The van der Waals surface area contributed by atoms with Crippen LogP contribution in [0.4, 0.5) is 18.0 Å². The average molecular weight is 366 g/mol. The van der Waals surface area contributed by atoms with E-state index >= 15 is 0 Å². The van der Waals surface area contributed by atoms with Gasteiger partial charge in [-0.2, -0.15) is 13.2 Å². The molecule has 1 saturated carbocycles. The molecule has 0 aromatic heterocycles. The van der Waals surface area contributed by atoms with E-state index in [0.29, 0.717) is 12.8 Å². The van der Waals surface area contributed by atoms with Crippen molar-refractivity contribution in [1.82, 2.24) is 5.32 Å². The fraction of sp³-hybridized carbons (Fsp3) is 0.562. The first-order valence-electron chi connectivity index (χ1n) is 7.47. The number of alkyl carbamates (subject to hydrolysis) is 1. The Morgan fingerprint density at radius 3 is 2.42 bits per heavy atom. The van der Waals surface area contributed by atoms with Crippen molar-refractivity contribution in [2.24, 2.45) is 0 Å². The molecule has 0 radical (unpaired) electrons. The normalized spacial score (nSPS) is 21.0. The van der Waals surface area contributed by atoms with Gasteiger partial charge in [0.25, 0.3) is 0 Å². The van der Waals surface area contributed by atoms with Crippen molar-refractivity contribution in [1.29, 1.82) is 0 Å². The smallest absolute Gasteiger partial charge is 0.417 e. The minimum Gasteiger partial charge on any atom is -0.489 e. The Morgan fingerprint density at radius 1 is 1.25 bits per heavy atom. The number of amides is 1. The molecule has 0 saturated heterocycles. The Hall–Kier alpha value is -1.63. The molecule has 1 aliphatic rings. The summed E-state index contributed by atoms with van der Waals surface area (Å²) in [6.07, 6.45) is -4.40. The van der Waals surface area contributed by atoms with Gasteiger partial charge < -0.3 is 14.8 Å². The minimum atomic E-state index is -4.53. The highest BCUT2D eigenvalue weighted by atomic mass is 35.5. The van der Waals surface area contributed by atoms with Crippen LogP contribution in [0, 0.1) is 0 Å². The van der Waals surface area contributed by atoms with Crippen LogP contribution >= 0.6 is 11.6 Å². The van der Waals surface area contributed by atoms with E-state index in [-0.39, 0.29) is 17.9 Å². The van der Waals surface area contributed by atoms with Gasteiger partial charge in [0.15, 0.2) is 0 Å². The lowest BCUT2D eigenvalue weighted by Crippen LogP contribution is -2.50. The van der Waals surface area contributed by atoms with Gasteiger partial charge in [-0.05, 0) is 32.9 Å². The quantitative estimate of drug-likeness (QED) is 0.837. The van der Waals surface area contributed by atoms with Crippen molar-refractivity contribution in [3.05, 3.63) is 28.8 Å². The predicted octanol–water partition coefficient (Wildman–Crippen LogP) is 4.79. The summed E-state index contributed by atoms with van der Waals surface area (Å²) in [5.74, 6) is -0.00721. The van der Waals surface area contributed by atoms with Gasteiger partial charge in [0, 0.05) is 18.9 Å². The van der Waals surface area contributed by atoms with Gasteiger partial charge in [0.2, 0.25) is 0 Å². The van der Waals surface area contributed by atoms with Crippen molar-refractivity contribution in [2.45, 2.75) is 57.5 Å². The van der Waals surface area contributed by atoms with Crippen LogP contribution in [-0.2, 0) is 10.9 Å². The van der Waals surface area contributed by atoms with Crippen LogP contribution in [0.25, 0.3) is 0 Å². The molecule has 24 heavy (non-hydrogen) atoms. The van der Waals surface area contributed by atoms with E-state index in [1.54, 1.807) is 20.8 Å². The molecule has 1 aliphatic carbocycles. The molecule has 0 atom stereocenters. The number of ether oxygens (including phenoxy) is 2. The molecule has 1 fully saturated rings. The first kappa shape index (κ1) is 18.7. The number of nitrogens with one attached hydrogen (secondary N) is 1. The first-order chi connectivity index (χ1) is 11.0. The zero-order valence-electron chi connectivity index (χ0n) is 13.5. The third-order valence-electron chi connectivity index (χ3n) is 3.38. The fourth-order valence-electron chi connectivity index (χ4n) is 2.25. The summed E-state index contributed by atoms with van der Waals surface area (Å²) in [4.78, 5) is 11.6. The Morgan fingerprint density at radius 2 is 1.88 bits per heavy atom. The largest absolute Gasteiger partial charge is 0.489 e. The third kappa shape index (κ3) is 4.93. The minimum absolute atomic E-state index is 0.00721. The second-order valence-corrected chi connectivity index (χ2v) is 7.05. The van der Waals surface area contributed by atoms with Gasteiger partial charge in [-0.15, -0.1) is 0 Å². The van der Waals surface area contributed by atoms with Gasteiger partial charge >= 0.3 is 12.3 Å². The van der Waals surface area contributed by atoms with Crippen LogP contribution in [0.3, 0.4) is 0 Å². The highest BCUT2D eigenvalue weighted by molar-refractivity contribution is 6.32. The van der Waals surface area contributed by atoms with Crippen molar-refractivity contribution in [3.63, 3.8) is 0 Å². The highest BCUT2D eigenvalue weighted by Crippen LogP contribution is 2.40. The van der Waals surface area contributed by atoms with E-state index in [4.69, 9.17) is 21.1 Å². The number of benzene rings is 1. The zero-order chi connectivity index (χ0) is 18.1. The lowest BCUT2D eigenvalue weighted by molar-refractivity contribution is -0.137.